The van der Waals surface area contributed by atoms with Crippen LogP contribution in [-0.4, -0.2) is 22.1 Å². The monoisotopic (exact) mass is 349 g/mol. The van der Waals surface area contributed by atoms with Crippen molar-refractivity contribution < 1.29 is 18.7 Å². The van der Waals surface area contributed by atoms with Gasteiger partial charge in [-0.25, -0.2) is 4.79 Å². The molecule has 3 rings (SSSR count). The van der Waals surface area contributed by atoms with E-state index in [9.17, 15) is 9.59 Å². The molecule has 2 aromatic rings. The van der Waals surface area contributed by atoms with Crippen molar-refractivity contribution in [1.29, 1.82) is 0 Å². The molecule has 0 saturated heterocycles. The number of ether oxygens (including phenoxy) is 1. The summed E-state index contributed by atoms with van der Waals surface area (Å²) in [7, 11) is 0. The van der Waals surface area contributed by atoms with Gasteiger partial charge in [0.1, 0.15) is 5.00 Å². The lowest BCUT2D eigenvalue weighted by Gasteiger charge is -2.12. The van der Waals surface area contributed by atoms with Crippen molar-refractivity contribution >= 4 is 28.2 Å². The molecule has 0 spiro atoms. The Hall–Kier alpha value is -2.22. The molecule has 128 valence electrons. The van der Waals surface area contributed by atoms with Gasteiger partial charge in [0, 0.05) is 18.2 Å². The number of nitrogens with zero attached hydrogens (tertiary/aromatic N) is 2. The minimum absolute atomic E-state index is 0.0734. The summed E-state index contributed by atoms with van der Waals surface area (Å²) < 4.78 is 10.7. The first-order chi connectivity index (χ1) is 11.6. The van der Waals surface area contributed by atoms with Crippen LogP contribution in [-0.2, 0) is 35.4 Å². The molecule has 0 aliphatic heterocycles. The molecule has 0 saturated carbocycles. The largest absolute Gasteiger partial charge is 0.452 e. The first-order valence-electron chi connectivity index (χ1n) is 7.99. The second-order valence-corrected chi connectivity index (χ2v) is 6.72. The van der Waals surface area contributed by atoms with Crippen LogP contribution >= 0.6 is 11.3 Å². The van der Waals surface area contributed by atoms with Gasteiger partial charge < -0.3 is 14.5 Å². The van der Waals surface area contributed by atoms with E-state index in [2.05, 4.69) is 15.5 Å². The molecule has 0 aromatic carbocycles. The van der Waals surface area contributed by atoms with Crippen molar-refractivity contribution in [3.63, 3.8) is 0 Å². The van der Waals surface area contributed by atoms with Gasteiger partial charge in [-0.15, -0.1) is 21.5 Å². The standard InChI is InChI=1S/C16H19N3O4S/c1-3-12-18-19-13(23-12)8-22-16(21)14-10-6-4-5-7-11(10)24-15(14)17-9(2)20/h3-8H2,1-2H3,(H,17,20). The number of anilines is 1. The Morgan fingerprint density at radius 1 is 1.25 bits per heavy atom. The maximum Gasteiger partial charge on any atom is 0.341 e. The number of aromatic nitrogens is 2. The normalized spacial score (nSPS) is 13.4. The van der Waals surface area contributed by atoms with Crippen LogP contribution in [0.1, 0.15) is 59.3 Å². The molecule has 2 aromatic heterocycles. The number of rotatable bonds is 5. The van der Waals surface area contributed by atoms with Gasteiger partial charge in [-0.05, 0) is 31.2 Å². The highest BCUT2D eigenvalue weighted by Crippen LogP contribution is 2.38. The number of aryl methyl sites for hydroxylation is 2. The van der Waals surface area contributed by atoms with Crippen molar-refractivity contribution in [2.75, 3.05) is 5.32 Å². The minimum Gasteiger partial charge on any atom is -0.452 e. The summed E-state index contributed by atoms with van der Waals surface area (Å²) in [6.45, 7) is 3.26. The third kappa shape index (κ3) is 3.48. The highest BCUT2D eigenvalue weighted by Gasteiger charge is 2.27. The average Bonchev–Trinajstić information content (AvgIpc) is 3.15. The fourth-order valence-electron chi connectivity index (χ4n) is 2.72. The predicted molar refractivity (Wildman–Crippen MR) is 88.1 cm³/mol. The van der Waals surface area contributed by atoms with Crippen molar-refractivity contribution in [3.05, 3.63) is 27.8 Å². The van der Waals surface area contributed by atoms with Gasteiger partial charge in [-0.2, -0.15) is 0 Å². The van der Waals surface area contributed by atoms with Gasteiger partial charge >= 0.3 is 5.97 Å². The predicted octanol–water partition coefficient (Wildman–Crippen LogP) is 2.89. The van der Waals surface area contributed by atoms with Crippen molar-refractivity contribution in [2.45, 2.75) is 52.6 Å². The molecule has 0 radical (unpaired) electrons. The molecule has 1 aliphatic carbocycles. The zero-order valence-corrected chi connectivity index (χ0v) is 14.5. The number of fused-ring (bicyclic) bond motifs is 1. The number of nitrogens with one attached hydrogen (secondary N) is 1. The van der Waals surface area contributed by atoms with Gasteiger partial charge in [0.15, 0.2) is 6.61 Å². The molecular formula is C16H19N3O4S. The quantitative estimate of drug-likeness (QED) is 0.834. The lowest BCUT2D eigenvalue weighted by molar-refractivity contribution is -0.114. The maximum atomic E-state index is 12.6. The zero-order valence-electron chi connectivity index (χ0n) is 13.7. The van der Waals surface area contributed by atoms with Crippen LogP contribution in [0.5, 0.6) is 0 Å². The number of hydrogen-bond acceptors (Lipinski definition) is 7. The lowest BCUT2D eigenvalue weighted by atomic mass is 9.95. The summed E-state index contributed by atoms with van der Waals surface area (Å²) in [5.74, 6) is 0.111. The van der Waals surface area contributed by atoms with Crippen LogP contribution in [0.25, 0.3) is 0 Å². The number of thiophene rings is 1. The smallest absolute Gasteiger partial charge is 0.341 e. The lowest BCUT2D eigenvalue weighted by Crippen LogP contribution is -2.13. The Bertz CT molecular complexity index is 765. The van der Waals surface area contributed by atoms with E-state index >= 15 is 0 Å². The highest BCUT2D eigenvalue weighted by atomic mass is 32.1. The number of carbonyl (C=O) groups excluding carboxylic acids is 2. The van der Waals surface area contributed by atoms with E-state index in [0.717, 1.165) is 36.1 Å². The third-order valence-corrected chi connectivity index (χ3v) is 5.01. The summed E-state index contributed by atoms with van der Waals surface area (Å²) in [5, 5.41) is 11.0. The molecule has 24 heavy (non-hydrogen) atoms. The molecule has 1 aliphatic rings. The highest BCUT2D eigenvalue weighted by molar-refractivity contribution is 7.17. The molecule has 0 atom stereocenters. The minimum atomic E-state index is -0.464. The van der Waals surface area contributed by atoms with Crippen LogP contribution in [0.15, 0.2) is 4.42 Å². The molecule has 7 nitrogen and oxygen atoms in total. The molecule has 0 fully saturated rings. The van der Waals surface area contributed by atoms with E-state index < -0.39 is 5.97 Å². The van der Waals surface area contributed by atoms with E-state index in [-0.39, 0.29) is 18.4 Å². The Balaban J connectivity index is 1.79. The third-order valence-electron chi connectivity index (χ3n) is 3.80. The molecule has 1 amide bonds. The van der Waals surface area contributed by atoms with Gasteiger partial charge in [0.05, 0.1) is 5.56 Å². The summed E-state index contributed by atoms with van der Waals surface area (Å²) >= 11 is 1.46. The molecule has 0 bridgehead atoms. The van der Waals surface area contributed by atoms with Crippen LogP contribution in [0, 0.1) is 0 Å². The Labute approximate surface area is 143 Å². The number of esters is 1. The first kappa shape index (κ1) is 16.6. The average molecular weight is 349 g/mol. The van der Waals surface area contributed by atoms with Crippen LogP contribution in [0.4, 0.5) is 5.00 Å². The van der Waals surface area contributed by atoms with Crippen LogP contribution < -0.4 is 5.32 Å². The van der Waals surface area contributed by atoms with Gasteiger partial charge in [0.25, 0.3) is 5.89 Å². The number of amides is 1. The molecule has 8 heteroatoms. The first-order valence-corrected chi connectivity index (χ1v) is 8.80. The fourth-order valence-corrected chi connectivity index (χ4v) is 4.04. The summed E-state index contributed by atoms with van der Waals surface area (Å²) in [6.07, 6.45) is 4.53. The van der Waals surface area contributed by atoms with Crippen molar-refractivity contribution in [3.8, 4) is 0 Å². The van der Waals surface area contributed by atoms with E-state index in [1.54, 1.807) is 0 Å². The Kier molecular flexibility index (Phi) is 4.94. The van der Waals surface area contributed by atoms with E-state index in [1.165, 1.54) is 18.3 Å². The van der Waals surface area contributed by atoms with Crippen molar-refractivity contribution in [1.82, 2.24) is 10.2 Å². The Morgan fingerprint density at radius 3 is 2.71 bits per heavy atom. The van der Waals surface area contributed by atoms with Gasteiger partial charge in [0.2, 0.25) is 11.8 Å². The second-order valence-electron chi connectivity index (χ2n) is 5.62. The molecule has 0 unspecified atom stereocenters. The summed E-state index contributed by atoms with van der Waals surface area (Å²) in [5.41, 5.74) is 1.47. The van der Waals surface area contributed by atoms with Crippen molar-refractivity contribution in [2.24, 2.45) is 0 Å². The number of hydrogen-bond donors (Lipinski definition) is 1. The summed E-state index contributed by atoms with van der Waals surface area (Å²) in [4.78, 5) is 25.2. The van der Waals surface area contributed by atoms with Gasteiger partial charge in [-0.1, -0.05) is 6.92 Å². The van der Waals surface area contributed by atoms with E-state index in [1.807, 2.05) is 6.92 Å². The fraction of sp³-hybridized carbons (Fsp3) is 0.500. The van der Waals surface area contributed by atoms with Gasteiger partial charge in [-0.3, -0.25) is 4.79 Å². The Morgan fingerprint density at radius 2 is 2.00 bits per heavy atom. The molecular weight excluding hydrogens is 330 g/mol. The number of carbonyl (C=O) groups is 2. The topological polar surface area (TPSA) is 94.3 Å². The van der Waals surface area contributed by atoms with Crippen LogP contribution in [0.2, 0.25) is 0 Å². The van der Waals surface area contributed by atoms with E-state index in [0.29, 0.717) is 22.9 Å². The molecule has 1 N–H and O–H groups in total. The van der Waals surface area contributed by atoms with Crippen LogP contribution in [0.3, 0.4) is 0 Å². The SMILES string of the molecule is CCc1nnc(COC(=O)c2c(NC(C)=O)sc3c2CCCC3)o1. The zero-order chi connectivity index (χ0) is 17.1. The summed E-state index contributed by atoms with van der Waals surface area (Å²) in [6, 6.07) is 0. The van der Waals surface area contributed by atoms with E-state index in [4.69, 9.17) is 9.15 Å². The molecule has 2 heterocycles. The maximum absolute atomic E-state index is 12.6. The second kappa shape index (κ2) is 7.12.